The van der Waals surface area contributed by atoms with Crippen molar-refractivity contribution in [1.82, 2.24) is 9.55 Å². The summed E-state index contributed by atoms with van der Waals surface area (Å²) in [5.41, 5.74) is 2.13. The molecule has 1 N–H and O–H groups in total. The van der Waals surface area contributed by atoms with E-state index in [4.69, 9.17) is 9.41 Å². The van der Waals surface area contributed by atoms with Crippen molar-refractivity contribution in [3.8, 4) is 0 Å². The van der Waals surface area contributed by atoms with Crippen LogP contribution >= 0.6 is 0 Å². The predicted molar refractivity (Wildman–Crippen MR) is 132 cm³/mol. The van der Waals surface area contributed by atoms with Crippen molar-refractivity contribution >= 4 is 30.8 Å². The van der Waals surface area contributed by atoms with Gasteiger partial charge in [-0.05, 0) is 22.5 Å². The van der Waals surface area contributed by atoms with E-state index in [0.29, 0.717) is 6.54 Å². The Bertz CT molecular complexity index is 1150. The highest BCUT2D eigenvalue weighted by molar-refractivity contribution is 6.96. The molecule has 2 heterocycles. The predicted octanol–water partition coefficient (Wildman–Crippen LogP) is 3.83. The van der Waals surface area contributed by atoms with Gasteiger partial charge in [-0.15, -0.1) is 0 Å². The molecule has 0 spiro atoms. The molecule has 5 nitrogen and oxygen atoms in total. The van der Waals surface area contributed by atoms with Gasteiger partial charge in [0.1, 0.15) is 17.6 Å². The number of nitrogens with zero attached hydrogens (tertiary/aromatic N) is 3. The van der Waals surface area contributed by atoms with Crippen molar-refractivity contribution in [3.05, 3.63) is 109 Å². The zero-order valence-electron chi connectivity index (χ0n) is 18.1. The standard InChI is InChI=1S/C26H26N4OSi/c1-32(22-13-7-3-8-14-22,23-15-9-4-10-16-23)31-24-17-27-19-28-26-25(24)29-20-30(26)18-21-11-5-2-6-12-21/h2-16,19-20,24H,17-18H2,1H3,(H,27,28)/t24-/m1/s1. The Labute approximate surface area is 189 Å². The topological polar surface area (TPSA) is 51.4 Å². The molecule has 160 valence electrons. The van der Waals surface area contributed by atoms with Crippen LogP contribution in [0.1, 0.15) is 17.4 Å². The van der Waals surface area contributed by atoms with E-state index in [2.05, 4.69) is 94.2 Å². The molecule has 32 heavy (non-hydrogen) atoms. The Morgan fingerprint density at radius 1 is 0.906 bits per heavy atom. The largest absolute Gasteiger partial charge is 0.398 e. The summed E-state index contributed by atoms with van der Waals surface area (Å²) in [5.74, 6) is 0.942. The van der Waals surface area contributed by atoms with Gasteiger partial charge >= 0.3 is 0 Å². The maximum absolute atomic E-state index is 7.03. The molecular weight excluding hydrogens is 412 g/mol. The molecule has 0 bridgehead atoms. The Kier molecular flexibility index (Phi) is 5.71. The van der Waals surface area contributed by atoms with Crippen LogP contribution in [0.2, 0.25) is 6.55 Å². The Morgan fingerprint density at radius 3 is 2.12 bits per heavy atom. The highest BCUT2D eigenvalue weighted by Gasteiger charge is 2.38. The molecule has 1 aliphatic heterocycles. The molecule has 1 aliphatic rings. The first-order valence-electron chi connectivity index (χ1n) is 10.9. The van der Waals surface area contributed by atoms with Crippen LogP contribution in [0, 0.1) is 0 Å². The number of aliphatic imine (C=N–C) groups is 1. The highest BCUT2D eigenvalue weighted by Crippen LogP contribution is 2.30. The molecule has 0 fully saturated rings. The first-order valence-corrected chi connectivity index (χ1v) is 13.3. The number of imidazole rings is 1. The average molecular weight is 439 g/mol. The van der Waals surface area contributed by atoms with Gasteiger partial charge in [0.2, 0.25) is 0 Å². The zero-order valence-corrected chi connectivity index (χ0v) is 19.1. The molecule has 4 aromatic rings. The van der Waals surface area contributed by atoms with Gasteiger partial charge in [0.15, 0.2) is 0 Å². The van der Waals surface area contributed by atoms with E-state index in [1.165, 1.54) is 15.9 Å². The average Bonchev–Trinajstić information content (AvgIpc) is 3.13. The third kappa shape index (κ3) is 4.02. The van der Waals surface area contributed by atoms with Crippen LogP contribution in [0.25, 0.3) is 0 Å². The van der Waals surface area contributed by atoms with Crippen LogP contribution in [-0.4, -0.2) is 30.8 Å². The minimum atomic E-state index is -2.50. The lowest BCUT2D eigenvalue weighted by atomic mass is 10.2. The molecule has 5 rings (SSSR count). The number of fused-ring (bicyclic) bond motifs is 1. The van der Waals surface area contributed by atoms with Gasteiger partial charge in [0.25, 0.3) is 8.32 Å². The Balaban J connectivity index is 1.51. The van der Waals surface area contributed by atoms with Crippen molar-refractivity contribution in [3.63, 3.8) is 0 Å². The summed E-state index contributed by atoms with van der Waals surface area (Å²) in [6, 6.07) is 31.5. The lowest BCUT2D eigenvalue weighted by Gasteiger charge is -2.32. The van der Waals surface area contributed by atoms with Crippen molar-refractivity contribution in [2.45, 2.75) is 19.2 Å². The van der Waals surface area contributed by atoms with Crippen LogP contribution < -0.4 is 15.7 Å². The number of hydrogen-bond acceptors (Lipinski definition) is 4. The second-order valence-corrected chi connectivity index (χ2v) is 11.6. The van der Waals surface area contributed by atoms with Crippen LogP contribution in [0.5, 0.6) is 0 Å². The minimum Gasteiger partial charge on any atom is -0.398 e. The number of anilines is 1. The van der Waals surface area contributed by atoms with Crippen LogP contribution in [-0.2, 0) is 11.0 Å². The van der Waals surface area contributed by atoms with Gasteiger partial charge in [0, 0.05) is 0 Å². The summed E-state index contributed by atoms with van der Waals surface area (Å²) in [4.78, 5) is 9.35. The molecule has 0 saturated heterocycles. The molecule has 0 radical (unpaired) electrons. The highest BCUT2D eigenvalue weighted by atomic mass is 28.4. The first kappa shape index (κ1) is 20.4. The van der Waals surface area contributed by atoms with Crippen molar-refractivity contribution in [2.75, 3.05) is 11.9 Å². The monoisotopic (exact) mass is 438 g/mol. The minimum absolute atomic E-state index is 0.231. The molecular formula is C26H26N4OSi. The van der Waals surface area contributed by atoms with Crippen molar-refractivity contribution < 1.29 is 4.43 Å². The van der Waals surface area contributed by atoms with Gasteiger partial charge < -0.3 is 14.3 Å². The number of rotatable bonds is 6. The molecule has 0 unspecified atom stereocenters. The fourth-order valence-electron chi connectivity index (χ4n) is 4.22. The van der Waals surface area contributed by atoms with Crippen LogP contribution in [0.4, 0.5) is 5.82 Å². The smallest absolute Gasteiger partial charge is 0.253 e. The summed E-state index contributed by atoms with van der Waals surface area (Å²) < 4.78 is 9.16. The number of aromatic nitrogens is 2. The van der Waals surface area contributed by atoms with Crippen molar-refractivity contribution in [2.24, 2.45) is 4.99 Å². The lowest BCUT2D eigenvalue weighted by Crippen LogP contribution is -2.59. The molecule has 1 aromatic heterocycles. The summed E-state index contributed by atoms with van der Waals surface area (Å²) in [6.45, 7) is 3.54. The fourth-order valence-corrected chi connectivity index (χ4v) is 7.24. The van der Waals surface area contributed by atoms with Gasteiger partial charge in [-0.1, -0.05) is 91.0 Å². The maximum atomic E-state index is 7.03. The van der Waals surface area contributed by atoms with E-state index in [1.807, 2.05) is 24.5 Å². The quantitative estimate of drug-likeness (QED) is 0.466. The molecule has 0 saturated carbocycles. The fraction of sp³-hybridized carbons (Fsp3) is 0.154. The SMILES string of the molecule is C[Si](O[C@@H]1CN=CNc2c1ncn2Cc1ccccc1)(c1ccccc1)c1ccccc1. The van der Waals surface area contributed by atoms with Crippen molar-refractivity contribution in [1.29, 1.82) is 0 Å². The van der Waals surface area contributed by atoms with E-state index < -0.39 is 8.32 Å². The second-order valence-electron chi connectivity index (χ2n) is 8.10. The molecule has 0 amide bonds. The maximum Gasteiger partial charge on any atom is 0.253 e. The third-order valence-electron chi connectivity index (χ3n) is 5.96. The van der Waals surface area contributed by atoms with Gasteiger partial charge in [0.05, 0.1) is 25.8 Å². The molecule has 0 aliphatic carbocycles. The molecule has 6 heteroatoms. The molecule has 1 atom stereocenters. The van der Waals surface area contributed by atoms with Gasteiger partial charge in [-0.25, -0.2) is 4.98 Å². The zero-order chi connectivity index (χ0) is 21.8. The number of hydrogen-bond donors (Lipinski definition) is 1. The summed E-state index contributed by atoms with van der Waals surface area (Å²) in [5, 5.41) is 5.80. The second kappa shape index (κ2) is 8.94. The van der Waals surface area contributed by atoms with E-state index >= 15 is 0 Å². The normalized spacial score (nSPS) is 15.6. The van der Waals surface area contributed by atoms with Gasteiger partial charge in [-0.2, -0.15) is 0 Å². The Morgan fingerprint density at radius 2 is 1.50 bits per heavy atom. The van der Waals surface area contributed by atoms with Crippen LogP contribution in [0.3, 0.4) is 0 Å². The third-order valence-corrected chi connectivity index (χ3v) is 9.58. The van der Waals surface area contributed by atoms with E-state index in [-0.39, 0.29) is 6.10 Å². The Hall–Kier alpha value is -3.48. The number of benzene rings is 3. The first-order chi connectivity index (χ1) is 15.7. The summed E-state index contributed by atoms with van der Waals surface area (Å²) in [6.07, 6.45) is 3.42. The van der Waals surface area contributed by atoms with E-state index in [1.54, 1.807) is 6.34 Å². The lowest BCUT2D eigenvalue weighted by molar-refractivity contribution is 0.210. The molecule has 3 aromatic carbocycles. The van der Waals surface area contributed by atoms with Gasteiger partial charge in [-0.3, -0.25) is 4.99 Å². The summed E-state index contributed by atoms with van der Waals surface area (Å²) in [7, 11) is -2.50. The van der Waals surface area contributed by atoms with E-state index in [9.17, 15) is 0 Å². The van der Waals surface area contributed by atoms with Crippen LogP contribution in [0.15, 0.2) is 102 Å². The van der Waals surface area contributed by atoms with E-state index in [0.717, 1.165) is 18.1 Å². The number of nitrogens with one attached hydrogen (secondary N) is 1. The summed E-state index contributed by atoms with van der Waals surface area (Å²) >= 11 is 0.